The molecule has 0 aromatic heterocycles. The van der Waals surface area contributed by atoms with Gasteiger partial charge in [-0.15, -0.1) is 0 Å². The Morgan fingerprint density at radius 2 is 1.47 bits per heavy atom. The highest BCUT2D eigenvalue weighted by atomic mass is 16.4. The van der Waals surface area contributed by atoms with E-state index in [-0.39, 0.29) is 11.8 Å². The highest BCUT2D eigenvalue weighted by molar-refractivity contribution is 5.84. The summed E-state index contributed by atoms with van der Waals surface area (Å²) in [6.45, 7) is 1.60. The number of carboxylic acids is 1. The van der Waals surface area contributed by atoms with Gasteiger partial charge in [-0.2, -0.15) is 0 Å². The van der Waals surface area contributed by atoms with Crippen molar-refractivity contribution in [2.45, 2.75) is 44.9 Å². The number of hydrogen-bond donors (Lipinski definition) is 0. The lowest BCUT2D eigenvalue weighted by Crippen LogP contribution is -2.47. The zero-order chi connectivity index (χ0) is 12.3. The van der Waals surface area contributed by atoms with Gasteiger partial charge in [0.05, 0.1) is 0 Å². The maximum Gasteiger partial charge on any atom is 0.226 e. The molecule has 0 spiro atoms. The molecule has 4 nitrogen and oxygen atoms in total. The molecule has 2 aliphatic rings. The summed E-state index contributed by atoms with van der Waals surface area (Å²) in [5.41, 5.74) is 0. The Kier molecular flexibility index (Phi) is 4.02. The summed E-state index contributed by atoms with van der Waals surface area (Å²) in [6, 6.07) is 0. The summed E-state index contributed by atoms with van der Waals surface area (Å²) in [7, 11) is 0. The van der Waals surface area contributed by atoms with Gasteiger partial charge in [0.2, 0.25) is 5.91 Å². The van der Waals surface area contributed by atoms with Gasteiger partial charge in [-0.1, -0.05) is 12.8 Å². The summed E-state index contributed by atoms with van der Waals surface area (Å²) in [5, 5.41) is 11.1. The fourth-order valence-corrected chi connectivity index (χ4v) is 3.06. The minimum atomic E-state index is -1.04. The van der Waals surface area contributed by atoms with E-state index in [9.17, 15) is 14.7 Å². The van der Waals surface area contributed by atoms with Crippen molar-refractivity contribution < 1.29 is 14.7 Å². The number of carboxylic acid groups (broad SMARTS) is 1. The Morgan fingerprint density at radius 3 is 2.06 bits per heavy atom. The summed E-state index contributed by atoms with van der Waals surface area (Å²) >= 11 is 0. The largest absolute Gasteiger partial charge is 0.550 e. The average molecular weight is 238 g/mol. The Bertz CT molecular complexity index is 297. The third kappa shape index (κ3) is 2.79. The topological polar surface area (TPSA) is 60.4 Å². The number of carbonyl (C=O) groups excluding carboxylic acids is 2. The van der Waals surface area contributed by atoms with Crippen molar-refractivity contribution in [3.63, 3.8) is 0 Å². The maximum atomic E-state index is 12.3. The molecule has 1 saturated heterocycles. The van der Waals surface area contributed by atoms with E-state index < -0.39 is 11.9 Å². The molecule has 0 unspecified atom stereocenters. The van der Waals surface area contributed by atoms with Gasteiger partial charge in [-0.05, 0) is 32.1 Å². The number of carbonyl (C=O) groups is 2. The molecule has 1 aliphatic carbocycles. The lowest BCUT2D eigenvalue weighted by Gasteiger charge is -2.36. The molecule has 0 bridgehead atoms. The fourth-order valence-electron chi connectivity index (χ4n) is 3.06. The van der Waals surface area contributed by atoms with Crippen LogP contribution in [-0.4, -0.2) is 29.9 Å². The molecule has 0 radical (unpaired) electrons. The van der Waals surface area contributed by atoms with E-state index in [0.717, 1.165) is 38.8 Å². The van der Waals surface area contributed by atoms with Crippen LogP contribution < -0.4 is 5.11 Å². The van der Waals surface area contributed by atoms with E-state index in [4.69, 9.17) is 0 Å². The fraction of sp³-hybridized carbons (Fsp3) is 0.846. The predicted octanol–water partition coefficient (Wildman–Crippen LogP) is 0.555. The number of piperidine rings is 1. The molecule has 17 heavy (non-hydrogen) atoms. The molecule has 1 aliphatic heterocycles. The Hall–Kier alpha value is -1.06. The van der Waals surface area contributed by atoms with Gasteiger partial charge in [0.15, 0.2) is 0 Å². The zero-order valence-corrected chi connectivity index (χ0v) is 10.2. The summed E-state index contributed by atoms with van der Waals surface area (Å²) < 4.78 is 0. The number of rotatable bonds is 2. The first kappa shape index (κ1) is 12.4. The van der Waals surface area contributed by atoms with Gasteiger partial charge >= 0.3 is 0 Å². The number of amides is 1. The van der Waals surface area contributed by atoms with Gasteiger partial charge in [-0.25, -0.2) is 0 Å². The lowest BCUT2D eigenvalue weighted by molar-refractivity contribution is -0.314. The van der Waals surface area contributed by atoms with E-state index in [1.54, 1.807) is 0 Å². The third-order valence-electron chi connectivity index (χ3n) is 4.05. The second kappa shape index (κ2) is 5.52. The van der Waals surface area contributed by atoms with Crippen LogP contribution in [0.3, 0.4) is 0 Å². The minimum absolute atomic E-state index is 0.0543. The first-order valence-electron chi connectivity index (χ1n) is 6.70. The Labute approximate surface area is 102 Å². The van der Waals surface area contributed by atoms with E-state index in [1.807, 2.05) is 4.90 Å². The van der Waals surface area contributed by atoms with Crippen LogP contribution in [0, 0.1) is 11.8 Å². The van der Waals surface area contributed by atoms with E-state index >= 15 is 0 Å². The molecule has 1 heterocycles. The van der Waals surface area contributed by atoms with Crippen molar-refractivity contribution in [2.75, 3.05) is 13.1 Å². The van der Waals surface area contributed by atoms with Crippen LogP contribution in [0.2, 0.25) is 0 Å². The molecule has 2 fully saturated rings. The lowest BCUT2D eigenvalue weighted by atomic mass is 9.78. The Balaban J connectivity index is 2.02. The van der Waals surface area contributed by atoms with Crippen molar-refractivity contribution in [1.82, 2.24) is 4.90 Å². The third-order valence-corrected chi connectivity index (χ3v) is 4.05. The van der Waals surface area contributed by atoms with Crippen LogP contribution in [-0.2, 0) is 9.59 Å². The van der Waals surface area contributed by atoms with Gasteiger partial charge in [-0.3, -0.25) is 4.79 Å². The van der Waals surface area contributed by atoms with Gasteiger partial charge < -0.3 is 14.8 Å². The summed E-state index contributed by atoms with van der Waals surface area (Å²) in [6.07, 6.45) is 6.47. The maximum absolute atomic E-state index is 12.3. The number of nitrogens with zero attached hydrogens (tertiary/aromatic N) is 1. The molecular weight excluding hydrogens is 218 g/mol. The molecule has 0 N–H and O–H groups in total. The van der Waals surface area contributed by atoms with Crippen LogP contribution in [0.25, 0.3) is 0 Å². The molecule has 1 amide bonds. The predicted molar refractivity (Wildman–Crippen MR) is 60.9 cm³/mol. The molecular formula is C13H20NO3-. The van der Waals surface area contributed by atoms with Crippen molar-refractivity contribution in [3.05, 3.63) is 0 Å². The quantitative estimate of drug-likeness (QED) is 0.706. The molecule has 96 valence electrons. The first-order valence-corrected chi connectivity index (χ1v) is 6.70. The molecule has 2 rings (SSSR count). The summed E-state index contributed by atoms with van der Waals surface area (Å²) in [4.78, 5) is 25.2. The van der Waals surface area contributed by atoms with Crippen LogP contribution in [0.1, 0.15) is 44.9 Å². The van der Waals surface area contributed by atoms with Gasteiger partial charge in [0.25, 0.3) is 0 Å². The monoisotopic (exact) mass is 238 g/mol. The van der Waals surface area contributed by atoms with Crippen LogP contribution >= 0.6 is 0 Å². The molecule has 0 aromatic carbocycles. The highest BCUT2D eigenvalue weighted by Crippen LogP contribution is 2.31. The van der Waals surface area contributed by atoms with Crippen molar-refractivity contribution in [3.8, 4) is 0 Å². The standard InChI is InChI=1S/C13H21NO3/c15-12(14-8-4-1-5-9-14)10-6-2-3-7-11(10)13(16)17/h10-11H,1-9H2,(H,16,17)/p-1/t10-,11+/m1/s1. The highest BCUT2D eigenvalue weighted by Gasteiger charge is 2.34. The van der Waals surface area contributed by atoms with Crippen molar-refractivity contribution in [2.24, 2.45) is 11.8 Å². The van der Waals surface area contributed by atoms with E-state index in [0.29, 0.717) is 12.8 Å². The molecule has 4 heteroatoms. The summed E-state index contributed by atoms with van der Waals surface area (Å²) in [5.74, 6) is -1.87. The molecule has 1 saturated carbocycles. The SMILES string of the molecule is O=C([O-])[C@H]1CCCC[C@H]1C(=O)N1CCCCC1. The van der Waals surface area contributed by atoms with Gasteiger partial charge in [0, 0.05) is 30.9 Å². The van der Waals surface area contributed by atoms with E-state index in [1.165, 1.54) is 6.42 Å². The number of likely N-dealkylation sites (tertiary alicyclic amines) is 1. The normalized spacial score (nSPS) is 30.0. The molecule has 0 aromatic rings. The smallest absolute Gasteiger partial charge is 0.226 e. The van der Waals surface area contributed by atoms with Crippen LogP contribution in [0.4, 0.5) is 0 Å². The first-order chi connectivity index (χ1) is 8.20. The Morgan fingerprint density at radius 1 is 0.882 bits per heavy atom. The van der Waals surface area contributed by atoms with Crippen LogP contribution in [0.15, 0.2) is 0 Å². The molecule has 2 atom stereocenters. The number of aliphatic carboxylic acids is 1. The van der Waals surface area contributed by atoms with Crippen molar-refractivity contribution in [1.29, 1.82) is 0 Å². The minimum Gasteiger partial charge on any atom is -0.550 e. The number of hydrogen-bond acceptors (Lipinski definition) is 3. The van der Waals surface area contributed by atoms with E-state index in [2.05, 4.69) is 0 Å². The van der Waals surface area contributed by atoms with Crippen LogP contribution in [0.5, 0.6) is 0 Å². The zero-order valence-electron chi connectivity index (χ0n) is 10.2. The average Bonchev–Trinajstić information content (AvgIpc) is 2.39. The van der Waals surface area contributed by atoms with Crippen molar-refractivity contribution >= 4 is 11.9 Å². The second-order valence-corrected chi connectivity index (χ2v) is 5.20. The van der Waals surface area contributed by atoms with Gasteiger partial charge in [0.1, 0.15) is 0 Å². The second-order valence-electron chi connectivity index (χ2n) is 5.20.